The Balaban J connectivity index is 1.72. The summed E-state index contributed by atoms with van der Waals surface area (Å²) in [5.74, 6) is 0.804. The summed E-state index contributed by atoms with van der Waals surface area (Å²) in [6.45, 7) is 7.79. The number of hydrogen-bond donors (Lipinski definition) is 0. The fraction of sp³-hybridized carbons (Fsp3) is 0.786. The van der Waals surface area contributed by atoms with Gasteiger partial charge in [-0.05, 0) is 52.0 Å². The Labute approximate surface area is 99.7 Å². The number of morpholine rings is 1. The number of hydrogen-bond acceptors (Lipinski definition) is 2. The van der Waals surface area contributed by atoms with Crippen molar-refractivity contribution in [1.82, 2.24) is 4.90 Å². The van der Waals surface area contributed by atoms with Gasteiger partial charge < -0.3 is 4.74 Å². The van der Waals surface area contributed by atoms with Gasteiger partial charge in [0.2, 0.25) is 0 Å². The van der Waals surface area contributed by atoms with Gasteiger partial charge in [-0.25, -0.2) is 0 Å². The van der Waals surface area contributed by atoms with Gasteiger partial charge >= 0.3 is 0 Å². The van der Waals surface area contributed by atoms with Crippen molar-refractivity contribution in [3.8, 4) is 0 Å². The van der Waals surface area contributed by atoms with E-state index in [1.54, 1.807) is 0 Å². The summed E-state index contributed by atoms with van der Waals surface area (Å²) >= 11 is 0. The summed E-state index contributed by atoms with van der Waals surface area (Å²) in [5.41, 5.74) is 0. The van der Waals surface area contributed by atoms with Gasteiger partial charge in [-0.1, -0.05) is 12.2 Å². The van der Waals surface area contributed by atoms with E-state index in [1.807, 2.05) is 0 Å². The zero-order valence-corrected chi connectivity index (χ0v) is 10.6. The summed E-state index contributed by atoms with van der Waals surface area (Å²) in [6.07, 6.45) is 11.6. The highest BCUT2D eigenvalue weighted by Gasteiger charge is 2.22. The molecule has 3 unspecified atom stereocenters. The highest BCUT2D eigenvalue weighted by molar-refractivity contribution is 5.03. The van der Waals surface area contributed by atoms with Gasteiger partial charge in [0.15, 0.2) is 0 Å². The van der Waals surface area contributed by atoms with Crippen LogP contribution in [0.4, 0.5) is 0 Å². The van der Waals surface area contributed by atoms with E-state index in [0.29, 0.717) is 12.2 Å². The predicted octanol–water partition coefficient (Wildman–Crippen LogP) is 2.66. The molecule has 91 valence electrons. The largest absolute Gasteiger partial charge is 0.373 e. The van der Waals surface area contributed by atoms with E-state index in [9.17, 15) is 0 Å². The number of nitrogens with zero attached hydrogens (tertiary/aromatic N) is 1. The molecular formula is C14H24NO. The zero-order valence-electron chi connectivity index (χ0n) is 10.6. The number of rotatable bonds is 3. The second kappa shape index (κ2) is 5.83. The van der Waals surface area contributed by atoms with E-state index in [-0.39, 0.29) is 0 Å². The van der Waals surface area contributed by atoms with Crippen molar-refractivity contribution in [3.63, 3.8) is 0 Å². The van der Waals surface area contributed by atoms with Crippen LogP contribution >= 0.6 is 0 Å². The maximum absolute atomic E-state index is 5.75. The van der Waals surface area contributed by atoms with Crippen LogP contribution in [-0.4, -0.2) is 36.7 Å². The summed E-state index contributed by atoms with van der Waals surface area (Å²) in [4.78, 5) is 2.56. The number of allylic oxidation sites excluding steroid dienone is 2. The minimum absolute atomic E-state index is 0.402. The molecular weight excluding hydrogens is 198 g/mol. The van der Waals surface area contributed by atoms with Gasteiger partial charge in [-0.3, -0.25) is 4.90 Å². The van der Waals surface area contributed by atoms with Gasteiger partial charge in [-0.2, -0.15) is 0 Å². The lowest BCUT2D eigenvalue weighted by atomic mass is 9.93. The van der Waals surface area contributed by atoms with Crippen molar-refractivity contribution in [2.45, 2.75) is 45.3 Å². The molecule has 1 radical (unpaired) electrons. The smallest absolute Gasteiger partial charge is 0.0678 e. The van der Waals surface area contributed by atoms with Gasteiger partial charge in [0.25, 0.3) is 0 Å². The average Bonchev–Trinajstić information content (AvgIpc) is 2.27. The van der Waals surface area contributed by atoms with Crippen LogP contribution in [-0.2, 0) is 4.74 Å². The molecule has 0 aromatic heterocycles. The lowest BCUT2D eigenvalue weighted by molar-refractivity contribution is -0.0686. The lowest BCUT2D eigenvalue weighted by Crippen LogP contribution is -2.45. The first-order valence-electron chi connectivity index (χ1n) is 6.62. The van der Waals surface area contributed by atoms with Gasteiger partial charge in [0, 0.05) is 13.1 Å². The van der Waals surface area contributed by atoms with Crippen LogP contribution in [0.2, 0.25) is 0 Å². The van der Waals surface area contributed by atoms with Crippen LogP contribution in [0.5, 0.6) is 0 Å². The van der Waals surface area contributed by atoms with E-state index >= 15 is 0 Å². The predicted molar refractivity (Wildman–Crippen MR) is 67.2 cm³/mol. The highest BCUT2D eigenvalue weighted by atomic mass is 16.5. The van der Waals surface area contributed by atoms with Crippen LogP contribution in [0.15, 0.2) is 12.2 Å². The molecule has 1 saturated heterocycles. The molecule has 1 fully saturated rings. The van der Waals surface area contributed by atoms with Crippen LogP contribution < -0.4 is 0 Å². The lowest BCUT2D eigenvalue weighted by Gasteiger charge is -2.36. The van der Waals surface area contributed by atoms with Crippen molar-refractivity contribution in [3.05, 3.63) is 18.6 Å². The molecule has 0 bridgehead atoms. The normalized spacial score (nSPS) is 36.5. The monoisotopic (exact) mass is 222 g/mol. The third-order valence-electron chi connectivity index (χ3n) is 3.53. The summed E-state index contributed by atoms with van der Waals surface area (Å²) in [5, 5.41) is 0. The van der Waals surface area contributed by atoms with Crippen LogP contribution in [0.3, 0.4) is 0 Å². The van der Waals surface area contributed by atoms with Crippen molar-refractivity contribution in [1.29, 1.82) is 0 Å². The standard InChI is InChI=1S/C14H24NO/c1-12-10-15(11-13(2)16-12)9-8-14-6-4-3-5-7-14/h3-4,6,12-14H,5,7-11H2,1-2H3. The molecule has 0 spiro atoms. The van der Waals surface area contributed by atoms with Crippen molar-refractivity contribution in [2.24, 2.45) is 5.92 Å². The van der Waals surface area contributed by atoms with E-state index in [4.69, 9.17) is 4.74 Å². The third-order valence-corrected chi connectivity index (χ3v) is 3.53. The first kappa shape index (κ1) is 12.1. The van der Waals surface area contributed by atoms with E-state index in [0.717, 1.165) is 19.0 Å². The molecule has 0 amide bonds. The third kappa shape index (κ3) is 3.60. The molecule has 0 saturated carbocycles. The van der Waals surface area contributed by atoms with E-state index in [2.05, 4.69) is 37.3 Å². The van der Waals surface area contributed by atoms with Gasteiger partial charge in [0.05, 0.1) is 12.2 Å². The minimum Gasteiger partial charge on any atom is -0.373 e. The average molecular weight is 222 g/mol. The SMILES string of the molecule is CC1CN(CCC2C=C[CH]CC2)CC(C)O1. The van der Waals surface area contributed by atoms with Crippen molar-refractivity contribution in [2.75, 3.05) is 19.6 Å². The molecule has 16 heavy (non-hydrogen) atoms. The highest BCUT2D eigenvalue weighted by Crippen LogP contribution is 2.21. The summed E-state index contributed by atoms with van der Waals surface area (Å²) in [6, 6.07) is 0. The summed E-state index contributed by atoms with van der Waals surface area (Å²) in [7, 11) is 0. The Hall–Kier alpha value is -0.340. The molecule has 0 aromatic carbocycles. The zero-order chi connectivity index (χ0) is 11.4. The Kier molecular flexibility index (Phi) is 4.42. The molecule has 1 aliphatic heterocycles. The quantitative estimate of drug-likeness (QED) is 0.728. The van der Waals surface area contributed by atoms with E-state index < -0.39 is 0 Å². The fourth-order valence-electron chi connectivity index (χ4n) is 2.79. The molecule has 2 heteroatoms. The van der Waals surface area contributed by atoms with Crippen LogP contribution in [0.1, 0.15) is 33.1 Å². The second-order valence-electron chi connectivity index (χ2n) is 5.26. The topological polar surface area (TPSA) is 12.5 Å². The van der Waals surface area contributed by atoms with Gasteiger partial charge in [-0.15, -0.1) is 0 Å². The summed E-state index contributed by atoms with van der Waals surface area (Å²) < 4.78 is 5.75. The molecule has 2 nitrogen and oxygen atoms in total. The second-order valence-corrected chi connectivity index (χ2v) is 5.26. The Morgan fingerprint density at radius 1 is 1.25 bits per heavy atom. The van der Waals surface area contributed by atoms with E-state index in [1.165, 1.54) is 25.8 Å². The first-order chi connectivity index (χ1) is 7.74. The van der Waals surface area contributed by atoms with Crippen molar-refractivity contribution >= 4 is 0 Å². The Morgan fingerprint density at radius 2 is 2.00 bits per heavy atom. The number of ether oxygens (including phenoxy) is 1. The first-order valence-corrected chi connectivity index (χ1v) is 6.62. The molecule has 0 aromatic rings. The van der Waals surface area contributed by atoms with Gasteiger partial charge in [0.1, 0.15) is 0 Å². The van der Waals surface area contributed by atoms with Crippen LogP contribution in [0.25, 0.3) is 0 Å². The fourth-order valence-corrected chi connectivity index (χ4v) is 2.79. The molecule has 1 aliphatic carbocycles. The molecule has 0 N–H and O–H groups in total. The Bertz CT molecular complexity index is 229. The van der Waals surface area contributed by atoms with Crippen molar-refractivity contribution < 1.29 is 4.74 Å². The molecule has 3 atom stereocenters. The maximum atomic E-state index is 5.75. The molecule has 2 rings (SSSR count). The Morgan fingerprint density at radius 3 is 2.62 bits per heavy atom. The molecule has 1 heterocycles. The minimum atomic E-state index is 0.402. The van der Waals surface area contributed by atoms with Crippen LogP contribution in [0, 0.1) is 12.3 Å². The maximum Gasteiger partial charge on any atom is 0.0678 e. The molecule has 2 aliphatic rings.